The van der Waals surface area contributed by atoms with Gasteiger partial charge in [0.2, 0.25) is 10.0 Å². The van der Waals surface area contributed by atoms with Crippen molar-refractivity contribution in [1.82, 2.24) is 9.62 Å². The molecule has 4 N–H and O–H groups in total. The SMILES string of the molecule is CCC(C)CN(CCC(Cc1ccccc1)NC(=O)O)S(=O)(=O)c1ccc(N)cc1. The van der Waals surface area contributed by atoms with E-state index >= 15 is 0 Å². The molecule has 0 radical (unpaired) electrons. The second-order valence-electron chi connectivity index (χ2n) is 7.57. The number of benzene rings is 2. The largest absolute Gasteiger partial charge is 0.465 e. The molecule has 0 aliphatic carbocycles. The van der Waals surface area contributed by atoms with Crippen LogP contribution in [0.3, 0.4) is 0 Å². The average molecular weight is 434 g/mol. The summed E-state index contributed by atoms with van der Waals surface area (Å²) in [7, 11) is -3.72. The molecule has 7 nitrogen and oxygen atoms in total. The molecule has 0 saturated heterocycles. The lowest BCUT2D eigenvalue weighted by Gasteiger charge is -2.27. The fraction of sp³-hybridized carbons (Fsp3) is 0.409. The summed E-state index contributed by atoms with van der Waals surface area (Å²) in [5, 5.41) is 11.7. The first-order chi connectivity index (χ1) is 14.2. The maximum absolute atomic E-state index is 13.2. The van der Waals surface area contributed by atoms with Crippen molar-refractivity contribution in [3.05, 3.63) is 60.2 Å². The van der Waals surface area contributed by atoms with Crippen molar-refractivity contribution in [1.29, 1.82) is 0 Å². The number of nitrogen functional groups attached to an aromatic ring is 1. The fourth-order valence-corrected chi connectivity index (χ4v) is 4.75. The summed E-state index contributed by atoms with van der Waals surface area (Å²) in [6.45, 7) is 4.61. The van der Waals surface area contributed by atoms with Crippen molar-refractivity contribution in [2.24, 2.45) is 5.92 Å². The quantitative estimate of drug-likeness (QED) is 0.469. The highest BCUT2D eigenvalue weighted by Crippen LogP contribution is 2.20. The number of amides is 1. The van der Waals surface area contributed by atoms with Crippen molar-refractivity contribution in [3.63, 3.8) is 0 Å². The molecule has 0 aliphatic heterocycles. The first-order valence-corrected chi connectivity index (χ1v) is 11.6. The van der Waals surface area contributed by atoms with Gasteiger partial charge >= 0.3 is 6.09 Å². The Bertz CT molecular complexity index is 902. The van der Waals surface area contributed by atoms with Gasteiger partial charge in [0.25, 0.3) is 0 Å². The molecule has 2 aromatic rings. The molecule has 1 amide bonds. The zero-order valence-electron chi connectivity index (χ0n) is 17.5. The topological polar surface area (TPSA) is 113 Å². The lowest BCUT2D eigenvalue weighted by Crippen LogP contribution is -2.41. The van der Waals surface area contributed by atoms with Gasteiger partial charge in [-0.1, -0.05) is 50.6 Å². The summed E-state index contributed by atoms with van der Waals surface area (Å²) in [5.41, 5.74) is 7.18. The van der Waals surface area contributed by atoms with Gasteiger partial charge in [0, 0.05) is 24.8 Å². The van der Waals surface area contributed by atoms with E-state index in [0.717, 1.165) is 12.0 Å². The zero-order valence-corrected chi connectivity index (χ0v) is 18.3. The van der Waals surface area contributed by atoms with Gasteiger partial charge in [-0.25, -0.2) is 13.2 Å². The van der Waals surface area contributed by atoms with E-state index in [-0.39, 0.29) is 17.4 Å². The lowest BCUT2D eigenvalue weighted by atomic mass is 10.0. The predicted octanol–water partition coefficient (Wildman–Crippen LogP) is 3.57. The van der Waals surface area contributed by atoms with Crippen molar-refractivity contribution in [2.75, 3.05) is 18.8 Å². The molecule has 8 heteroatoms. The van der Waals surface area contributed by atoms with Crippen molar-refractivity contribution in [3.8, 4) is 0 Å². The maximum Gasteiger partial charge on any atom is 0.404 e. The highest BCUT2D eigenvalue weighted by atomic mass is 32.2. The van der Waals surface area contributed by atoms with Gasteiger partial charge in [0.05, 0.1) is 4.90 Å². The lowest BCUT2D eigenvalue weighted by molar-refractivity contribution is 0.188. The molecule has 0 heterocycles. The first-order valence-electron chi connectivity index (χ1n) is 10.1. The molecule has 0 aromatic heterocycles. The number of carboxylic acid groups (broad SMARTS) is 1. The van der Waals surface area contributed by atoms with Crippen molar-refractivity contribution < 1.29 is 18.3 Å². The number of hydrogen-bond donors (Lipinski definition) is 3. The van der Waals surface area contributed by atoms with Gasteiger partial charge in [0.1, 0.15) is 0 Å². The molecule has 30 heavy (non-hydrogen) atoms. The Morgan fingerprint density at radius 1 is 1.13 bits per heavy atom. The minimum Gasteiger partial charge on any atom is -0.465 e. The van der Waals surface area contributed by atoms with Crippen molar-refractivity contribution >= 4 is 21.8 Å². The van der Waals surface area contributed by atoms with Crippen LogP contribution in [0.2, 0.25) is 0 Å². The molecular weight excluding hydrogens is 402 g/mol. The minimum atomic E-state index is -3.72. The first kappa shape index (κ1) is 23.7. The Morgan fingerprint density at radius 3 is 2.33 bits per heavy atom. The number of nitrogens with zero attached hydrogens (tertiary/aromatic N) is 1. The van der Waals surface area contributed by atoms with Crippen LogP contribution in [0.1, 0.15) is 32.3 Å². The smallest absolute Gasteiger partial charge is 0.404 e. The third kappa shape index (κ3) is 7.03. The number of sulfonamides is 1. The molecule has 0 bridgehead atoms. The number of anilines is 1. The molecule has 2 rings (SSSR count). The van der Waals surface area contributed by atoms with Gasteiger partial charge in [0.15, 0.2) is 0 Å². The number of rotatable bonds is 11. The van der Waals surface area contributed by atoms with Crippen LogP contribution in [0.5, 0.6) is 0 Å². The second-order valence-corrected chi connectivity index (χ2v) is 9.51. The molecular formula is C22H31N3O4S. The minimum absolute atomic E-state index is 0.175. The van der Waals surface area contributed by atoms with Crippen molar-refractivity contribution in [2.45, 2.75) is 44.0 Å². The standard InChI is InChI=1S/C22H31N3O4S/c1-3-17(2)16-25(30(28,29)21-11-9-19(23)10-12-21)14-13-20(24-22(26)27)15-18-7-5-4-6-8-18/h4-12,17,20,24H,3,13-16,23H2,1-2H3,(H,26,27). The van der Waals surface area contributed by atoms with Crippen LogP contribution in [0.4, 0.5) is 10.5 Å². The Labute approximate surface area is 179 Å². The average Bonchev–Trinajstić information content (AvgIpc) is 2.71. The Kier molecular flexibility index (Phi) is 8.68. The van der Waals surface area contributed by atoms with Gasteiger partial charge < -0.3 is 16.2 Å². The molecule has 2 unspecified atom stereocenters. The molecule has 0 saturated carbocycles. The van der Waals surface area contributed by atoms with E-state index < -0.39 is 22.2 Å². The maximum atomic E-state index is 13.2. The number of nitrogens with one attached hydrogen (secondary N) is 1. The monoisotopic (exact) mass is 433 g/mol. The predicted molar refractivity (Wildman–Crippen MR) is 119 cm³/mol. The summed E-state index contributed by atoms with van der Waals surface area (Å²) < 4.78 is 27.9. The van der Waals surface area contributed by atoms with E-state index in [0.29, 0.717) is 25.1 Å². The molecule has 164 valence electrons. The summed E-state index contributed by atoms with van der Waals surface area (Å²) >= 11 is 0. The summed E-state index contributed by atoms with van der Waals surface area (Å²) in [6, 6.07) is 15.3. The van der Waals surface area contributed by atoms with Crippen LogP contribution >= 0.6 is 0 Å². The highest BCUT2D eigenvalue weighted by Gasteiger charge is 2.27. The normalized spacial score (nSPS) is 13.7. The van der Waals surface area contributed by atoms with Crippen LogP contribution in [0.15, 0.2) is 59.5 Å². The van der Waals surface area contributed by atoms with E-state index in [1.807, 2.05) is 44.2 Å². The molecule has 0 fully saturated rings. The van der Waals surface area contributed by atoms with Crippen LogP contribution in [0, 0.1) is 5.92 Å². The van der Waals surface area contributed by atoms with E-state index in [1.54, 1.807) is 12.1 Å². The third-order valence-corrected chi connectivity index (χ3v) is 6.99. The van der Waals surface area contributed by atoms with Gasteiger partial charge in [-0.3, -0.25) is 0 Å². The summed E-state index contributed by atoms with van der Waals surface area (Å²) in [5.74, 6) is 0.175. The van der Waals surface area contributed by atoms with E-state index in [9.17, 15) is 18.3 Å². The Hall–Kier alpha value is -2.58. The summed E-state index contributed by atoms with van der Waals surface area (Å²) in [4.78, 5) is 11.5. The third-order valence-electron chi connectivity index (χ3n) is 5.11. The van der Waals surface area contributed by atoms with Gasteiger partial charge in [-0.15, -0.1) is 0 Å². The van der Waals surface area contributed by atoms with Crippen LogP contribution < -0.4 is 11.1 Å². The molecule has 0 spiro atoms. The van der Waals surface area contributed by atoms with Crippen LogP contribution in [-0.2, 0) is 16.4 Å². The molecule has 2 atom stereocenters. The zero-order chi connectivity index (χ0) is 22.1. The van der Waals surface area contributed by atoms with E-state index in [1.165, 1.54) is 16.4 Å². The van der Waals surface area contributed by atoms with E-state index in [2.05, 4.69) is 5.32 Å². The second kappa shape index (κ2) is 11.0. The molecule has 0 aliphatic rings. The van der Waals surface area contributed by atoms with Crippen LogP contribution in [-0.4, -0.2) is 43.1 Å². The highest BCUT2D eigenvalue weighted by molar-refractivity contribution is 7.89. The molecule has 2 aromatic carbocycles. The van der Waals surface area contributed by atoms with Gasteiger partial charge in [-0.05, 0) is 48.6 Å². The summed E-state index contributed by atoms with van der Waals surface area (Å²) in [6.07, 6.45) is 0.581. The number of carbonyl (C=O) groups is 1. The van der Waals surface area contributed by atoms with E-state index in [4.69, 9.17) is 5.73 Å². The van der Waals surface area contributed by atoms with Crippen LogP contribution in [0.25, 0.3) is 0 Å². The number of nitrogens with two attached hydrogens (primary N) is 1. The fourth-order valence-electron chi connectivity index (χ4n) is 3.17. The Balaban J connectivity index is 2.20. The number of hydrogen-bond acceptors (Lipinski definition) is 4. The Morgan fingerprint density at radius 2 is 1.77 bits per heavy atom. The van der Waals surface area contributed by atoms with Gasteiger partial charge in [-0.2, -0.15) is 4.31 Å².